The Hall–Kier alpha value is -1.59. The molecule has 2 amide bonds. The number of carbonyl (C=O) groups excluding carboxylic acids is 2. The zero-order valence-corrected chi connectivity index (χ0v) is 16.3. The Morgan fingerprint density at radius 3 is 2.35 bits per heavy atom. The van der Waals surface area contributed by atoms with Gasteiger partial charge in [0.05, 0.1) is 5.02 Å². The van der Waals surface area contributed by atoms with Gasteiger partial charge in [-0.15, -0.1) is 11.3 Å². The zero-order chi connectivity index (χ0) is 18.1. The summed E-state index contributed by atoms with van der Waals surface area (Å²) < 4.78 is 1.04. The third-order valence-electron chi connectivity index (χ3n) is 5.53. The van der Waals surface area contributed by atoms with Gasteiger partial charge in [-0.3, -0.25) is 9.59 Å². The van der Waals surface area contributed by atoms with Crippen LogP contribution in [0, 0.1) is 5.92 Å². The number of hydrogen-bond donors (Lipinski definition) is 0. The molecule has 0 bridgehead atoms. The van der Waals surface area contributed by atoms with Gasteiger partial charge in [-0.1, -0.05) is 29.8 Å². The number of rotatable bonds is 2. The number of benzene rings is 1. The second kappa shape index (κ2) is 7.57. The molecule has 3 heterocycles. The Morgan fingerprint density at radius 1 is 0.962 bits per heavy atom. The Balaban J connectivity index is 1.41. The standard InChI is InChI=1S/C20H23ClN2O2S/c21-17-15-6-2-3-7-16(15)26-18(17)20(25)23-12-8-14(9-13-23)19(24)22-10-4-1-5-11-22/h2-3,6-7,14H,1,4-5,8-13H2. The summed E-state index contributed by atoms with van der Waals surface area (Å²) in [5, 5.41) is 1.50. The number of likely N-dealkylation sites (tertiary alicyclic amines) is 2. The quantitative estimate of drug-likeness (QED) is 0.761. The van der Waals surface area contributed by atoms with Crippen molar-refractivity contribution < 1.29 is 9.59 Å². The molecule has 1 aromatic carbocycles. The van der Waals surface area contributed by atoms with Crippen molar-refractivity contribution in [1.82, 2.24) is 9.80 Å². The van der Waals surface area contributed by atoms with Crippen molar-refractivity contribution in [2.45, 2.75) is 32.1 Å². The predicted molar refractivity (Wildman–Crippen MR) is 106 cm³/mol. The van der Waals surface area contributed by atoms with E-state index in [2.05, 4.69) is 0 Å². The SMILES string of the molecule is O=C(c1sc2ccccc2c1Cl)N1CCC(C(=O)N2CCCCC2)CC1. The fourth-order valence-electron chi connectivity index (χ4n) is 4.00. The molecule has 0 aliphatic carbocycles. The van der Waals surface area contributed by atoms with Gasteiger partial charge < -0.3 is 9.80 Å². The summed E-state index contributed by atoms with van der Waals surface area (Å²) in [5.41, 5.74) is 0. The molecule has 138 valence electrons. The second-order valence-electron chi connectivity index (χ2n) is 7.19. The lowest BCUT2D eigenvalue weighted by molar-refractivity contribution is -0.137. The Morgan fingerprint density at radius 2 is 1.65 bits per heavy atom. The number of halogens is 1. The zero-order valence-electron chi connectivity index (χ0n) is 14.7. The molecule has 0 N–H and O–H groups in total. The molecule has 0 saturated carbocycles. The lowest BCUT2D eigenvalue weighted by Gasteiger charge is -2.35. The van der Waals surface area contributed by atoms with Crippen molar-refractivity contribution in [3.05, 3.63) is 34.2 Å². The second-order valence-corrected chi connectivity index (χ2v) is 8.62. The predicted octanol–water partition coefficient (Wildman–Crippen LogP) is 4.42. The van der Waals surface area contributed by atoms with Crippen LogP contribution in [0.1, 0.15) is 41.8 Å². The van der Waals surface area contributed by atoms with Crippen LogP contribution in [0.2, 0.25) is 5.02 Å². The molecule has 0 atom stereocenters. The molecule has 0 radical (unpaired) electrons. The fourth-order valence-corrected chi connectivity index (χ4v) is 5.48. The van der Waals surface area contributed by atoms with E-state index in [0.717, 1.165) is 48.9 Å². The highest BCUT2D eigenvalue weighted by Crippen LogP contribution is 2.36. The highest BCUT2D eigenvalue weighted by molar-refractivity contribution is 7.21. The number of amides is 2. The number of fused-ring (bicyclic) bond motifs is 1. The third kappa shape index (κ3) is 3.35. The lowest BCUT2D eigenvalue weighted by atomic mass is 9.94. The first-order valence-electron chi connectivity index (χ1n) is 9.40. The summed E-state index contributed by atoms with van der Waals surface area (Å²) in [7, 11) is 0. The van der Waals surface area contributed by atoms with Crippen molar-refractivity contribution in [1.29, 1.82) is 0 Å². The smallest absolute Gasteiger partial charge is 0.265 e. The largest absolute Gasteiger partial charge is 0.342 e. The van der Waals surface area contributed by atoms with Gasteiger partial charge in [0.2, 0.25) is 5.91 Å². The summed E-state index contributed by atoms with van der Waals surface area (Å²) in [6, 6.07) is 7.84. The first kappa shape index (κ1) is 17.8. The van der Waals surface area contributed by atoms with E-state index < -0.39 is 0 Å². The van der Waals surface area contributed by atoms with E-state index >= 15 is 0 Å². The molecule has 2 aliphatic heterocycles. The summed E-state index contributed by atoms with van der Waals surface area (Å²) in [6.45, 7) is 3.06. The first-order valence-corrected chi connectivity index (χ1v) is 10.6. The molecule has 26 heavy (non-hydrogen) atoms. The molecule has 2 fully saturated rings. The lowest BCUT2D eigenvalue weighted by Crippen LogP contribution is -2.45. The molecular weight excluding hydrogens is 368 g/mol. The average Bonchev–Trinajstić information content (AvgIpc) is 3.04. The van der Waals surface area contributed by atoms with E-state index in [9.17, 15) is 9.59 Å². The maximum absolute atomic E-state index is 12.9. The maximum atomic E-state index is 12.9. The molecule has 2 aromatic rings. The minimum Gasteiger partial charge on any atom is -0.342 e. The van der Waals surface area contributed by atoms with Gasteiger partial charge >= 0.3 is 0 Å². The average molecular weight is 391 g/mol. The van der Waals surface area contributed by atoms with Crippen LogP contribution in [0.15, 0.2) is 24.3 Å². The maximum Gasteiger partial charge on any atom is 0.265 e. The molecule has 1 aromatic heterocycles. The summed E-state index contributed by atoms with van der Waals surface area (Å²) in [4.78, 5) is 30.1. The summed E-state index contributed by atoms with van der Waals surface area (Å²) in [6.07, 6.45) is 4.97. The van der Waals surface area contributed by atoms with Gasteiger partial charge in [0, 0.05) is 42.2 Å². The topological polar surface area (TPSA) is 40.6 Å². The van der Waals surface area contributed by atoms with Crippen molar-refractivity contribution in [2.75, 3.05) is 26.2 Å². The van der Waals surface area contributed by atoms with Gasteiger partial charge in [-0.2, -0.15) is 0 Å². The summed E-state index contributed by atoms with van der Waals surface area (Å²) in [5.74, 6) is 0.354. The van der Waals surface area contributed by atoms with Crippen molar-refractivity contribution in [3.8, 4) is 0 Å². The van der Waals surface area contributed by atoms with Gasteiger partial charge in [0.15, 0.2) is 0 Å². The molecule has 2 saturated heterocycles. The van der Waals surface area contributed by atoms with E-state index in [1.54, 1.807) is 0 Å². The number of carbonyl (C=O) groups is 2. The van der Waals surface area contributed by atoms with Crippen LogP contribution >= 0.6 is 22.9 Å². The van der Waals surface area contributed by atoms with Crippen LogP contribution in [0.5, 0.6) is 0 Å². The van der Waals surface area contributed by atoms with Crippen LogP contribution in [-0.2, 0) is 4.79 Å². The highest BCUT2D eigenvalue weighted by Gasteiger charge is 2.32. The minimum atomic E-state index is 0.0000662. The van der Waals surface area contributed by atoms with Crippen LogP contribution in [0.3, 0.4) is 0 Å². The van der Waals surface area contributed by atoms with Gasteiger partial charge in [0.1, 0.15) is 4.88 Å². The molecule has 2 aliphatic rings. The molecule has 4 nitrogen and oxygen atoms in total. The van der Waals surface area contributed by atoms with Crippen molar-refractivity contribution >= 4 is 44.8 Å². The number of nitrogens with zero attached hydrogens (tertiary/aromatic N) is 2. The molecule has 6 heteroatoms. The minimum absolute atomic E-state index is 0.0000662. The Labute approximate surface area is 162 Å². The van der Waals surface area contributed by atoms with Crippen LogP contribution in [-0.4, -0.2) is 47.8 Å². The van der Waals surface area contributed by atoms with Gasteiger partial charge in [0.25, 0.3) is 5.91 Å². The molecular formula is C20H23ClN2O2S. The van der Waals surface area contributed by atoms with E-state index in [4.69, 9.17) is 11.6 Å². The van der Waals surface area contributed by atoms with Crippen LogP contribution < -0.4 is 0 Å². The molecule has 0 unspecified atom stereocenters. The number of hydrogen-bond acceptors (Lipinski definition) is 3. The molecule has 0 spiro atoms. The van der Waals surface area contributed by atoms with Crippen molar-refractivity contribution in [2.24, 2.45) is 5.92 Å². The van der Waals surface area contributed by atoms with Gasteiger partial charge in [-0.25, -0.2) is 0 Å². The van der Waals surface area contributed by atoms with Crippen LogP contribution in [0.4, 0.5) is 0 Å². The van der Waals surface area contributed by atoms with Crippen molar-refractivity contribution in [3.63, 3.8) is 0 Å². The number of piperidine rings is 2. The van der Waals surface area contributed by atoms with E-state index in [1.807, 2.05) is 34.1 Å². The first-order chi connectivity index (χ1) is 12.6. The third-order valence-corrected chi connectivity index (χ3v) is 7.19. The Bertz CT molecular complexity index is 820. The fraction of sp³-hybridized carbons (Fsp3) is 0.500. The van der Waals surface area contributed by atoms with Gasteiger partial charge in [-0.05, 0) is 38.2 Å². The molecule has 4 rings (SSSR count). The van der Waals surface area contributed by atoms with E-state index in [0.29, 0.717) is 23.0 Å². The monoisotopic (exact) mass is 390 g/mol. The number of thiophene rings is 1. The van der Waals surface area contributed by atoms with Crippen LogP contribution in [0.25, 0.3) is 10.1 Å². The van der Waals surface area contributed by atoms with E-state index in [-0.39, 0.29) is 17.7 Å². The highest BCUT2D eigenvalue weighted by atomic mass is 35.5. The Kier molecular flexibility index (Phi) is 5.18. The van der Waals surface area contributed by atoms with E-state index in [1.165, 1.54) is 17.8 Å². The normalized spacial score (nSPS) is 19.1. The summed E-state index contributed by atoms with van der Waals surface area (Å²) >= 11 is 7.91.